The lowest BCUT2D eigenvalue weighted by molar-refractivity contribution is 0.0683. The fraction of sp³-hybridized carbons (Fsp3) is 0.615. The highest BCUT2D eigenvalue weighted by molar-refractivity contribution is 9.09. The SMILES string of the molecule is C=C(C)COC(=O)OCC(=C)C.CCCCBr. The van der Waals surface area contributed by atoms with E-state index in [0.29, 0.717) is 0 Å². The van der Waals surface area contributed by atoms with Crippen LogP contribution in [0.15, 0.2) is 24.3 Å². The summed E-state index contributed by atoms with van der Waals surface area (Å²) in [7, 11) is 0. The van der Waals surface area contributed by atoms with Crippen LogP contribution in [0.2, 0.25) is 0 Å². The molecule has 0 aliphatic heterocycles. The molecule has 100 valence electrons. The summed E-state index contributed by atoms with van der Waals surface area (Å²) < 4.78 is 9.30. The van der Waals surface area contributed by atoms with Gasteiger partial charge in [0.15, 0.2) is 0 Å². The van der Waals surface area contributed by atoms with E-state index in [4.69, 9.17) is 0 Å². The maximum absolute atomic E-state index is 10.7. The Morgan fingerprint density at radius 3 is 1.71 bits per heavy atom. The molecule has 0 fully saturated rings. The van der Waals surface area contributed by atoms with Gasteiger partial charge in [0.05, 0.1) is 0 Å². The highest BCUT2D eigenvalue weighted by Crippen LogP contribution is 1.94. The third-order valence-corrected chi connectivity index (χ3v) is 1.92. The molecule has 0 radical (unpaired) electrons. The van der Waals surface area contributed by atoms with Crippen molar-refractivity contribution in [2.24, 2.45) is 0 Å². The van der Waals surface area contributed by atoms with Gasteiger partial charge in [-0.05, 0) is 31.4 Å². The Hall–Kier alpha value is -0.770. The minimum atomic E-state index is -0.680. The number of carbonyl (C=O) groups is 1. The monoisotopic (exact) mass is 306 g/mol. The highest BCUT2D eigenvalue weighted by atomic mass is 79.9. The molecule has 0 aliphatic rings. The minimum absolute atomic E-state index is 0.203. The van der Waals surface area contributed by atoms with Crippen molar-refractivity contribution in [1.29, 1.82) is 0 Å². The molecule has 17 heavy (non-hydrogen) atoms. The van der Waals surface area contributed by atoms with E-state index in [0.717, 1.165) is 16.5 Å². The van der Waals surface area contributed by atoms with Crippen LogP contribution in [0.25, 0.3) is 0 Å². The van der Waals surface area contributed by atoms with Crippen molar-refractivity contribution < 1.29 is 14.3 Å². The number of hydrogen-bond acceptors (Lipinski definition) is 3. The summed E-state index contributed by atoms with van der Waals surface area (Å²) in [5.74, 6) is 0. The van der Waals surface area contributed by atoms with Gasteiger partial charge in [-0.3, -0.25) is 0 Å². The normalized spacial score (nSPS) is 8.71. The molecule has 0 unspecified atom stereocenters. The molecule has 0 heterocycles. The van der Waals surface area contributed by atoms with E-state index in [2.05, 4.69) is 45.5 Å². The fourth-order valence-electron chi connectivity index (χ4n) is 0.540. The number of ether oxygens (including phenoxy) is 2. The summed E-state index contributed by atoms with van der Waals surface area (Å²) in [4.78, 5) is 10.7. The first-order valence-corrected chi connectivity index (χ1v) is 6.70. The predicted octanol–water partition coefficient (Wildman–Crippen LogP) is 4.47. The number of rotatable bonds is 6. The molecule has 0 aliphatic carbocycles. The summed E-state index contributed by atoms with van der Waals surface area (Å²) in [6.07, 6.45) is 1.92. The molecule has 0 aromatic rings. The average Bonchev–Trinajstić information content (AvgIpc) is 2.25. The summed E-state index contributed by atoms with van der Waals surface area (Å²) in [6.45, 7) is 13.3. The second-order valence-corrected chi connectivity index (χ2v) is 4.58. The first kappa shape index (κ1) is 18.6. The van der Waals surface area contributed by atoms with Crippen LogP contribution in [0.4, 0.5) is 4.79 Å². The standard InChI is InChI=1S/C9H14O3.C4H9Br/c1-7(2)5-11-9(10)12-6-8(3)4;1-2-3-4-5/h1,3,5-6H2,2,4H3;2-4H2,1H3. The van der Waals surface area contributed by atoms with Crippen LogP contribution in [0, 0.1) is 0 Å². The Labute approximate surface area is 113 Å². The maximum atomic E-state index is 10.7. The van der Waals surface area contributed by atoms with Crippen molar-refractivity contribution in [3.05, 3.63) is 24.3 Å². The Morgan fingerprint density at radius 1 is 1.12 bits per heavy atom. The lowest BCUT2D eigenvalue weighted by atomic mass is 10.4. The van der Waals surface area contributed by atoms with E-state index in [1.54, 1.807) is 13.8 Å². The predicted molar refractivity (Wildman–Crippen MR) is 75.6 cm³/mol. The highest BCUT2D eigenvalue weighted by Gasteiger charge is 2.02. The molecule has 0 amide bonds. The number of carbonyl (C=O) groups excluding carboxylic acids is 1. The molecule has 3 nitrogen and oxygen atoms in total. The molecule has 0 aromatic carbocycles. The zero-order valence-corrected chi connectivity index (χ0v) is 12.6. The van der Waals surface area contributed by atoms with Crippen molar-refractivity contribution in [2.75, 3.05) is 18.5 Å². The molecule has 4 heteroatoms. The van der Waals surface area contributed by atoms with Crippen molar-refractivity contribution in [3.63, 3.8) is 0 Å². The summed E-state index contributed by atoms with van der Waals surface area (Å²) in [5, 5.41) is 1.16. The number of alkyl halides is 1. The smallest absolute Gasteiger partial charge is 0.430 e. The zero-order chi connectivity index (χ0) is 13.7. The molecular weight excluding hydrogens is 284 g/mol. The largest absolute Gasteiger partial charge is 0.508 e. The summed E-state index contributed by atoms with van der Waals surface area (Å²) in [5.41, 5.74) is 1.56. The van der Waals surface area contributed by atoms with Crippen LogP contribution < -0.4 is 0 Å². The van der Waals surface area contributed by atoms with Crippen molar-refractivity contribution >= 4 is 22.1 Å². The fourth-order valence-corrected chi connectivity index (χ4v) is 1.10. The van der Waals surface area contributed by atoms with Crippen molar-refractivity contribution in [1.82, 2.24) is 0 Å². The quantitative estimate of drug-likeness (QED) is 0.412. The van der Waals surface area contributed by atoms with Crippen LogP contribution in [0.3, 0.4) is 0 Å². The van der Waals surface area contributed by atoms with Gasteiger partial charge >= 0.3 is 6.16 Å². The van der Waals surface area contributed by atoms with Gasteiger partial charge in [0.25, 0.3) is 0 Å². The van der Waals surface area contributed by atoms with Crippen molar-refractivity contribution in [3.8, 4) is 0 Å². The zero-order valence-electron chi connectivity index (χ0n) is 11.1. The minimum Gasteiger partial charge on any atom is -0.430 e. The molecule has 0 saturated carbocycles. The third-order valence-electron chi connectivity index (χ3n) is 1.36. The van der Waals surface area contributed by atoms with Gasteiger partial charge < -0.3 is 9.47 Å². The lowest BCUT2D eigenvalue weighted by Gasteiger charge is -2.04. The van der Waals surface area contributed by atoms with Gasteiger partial charge in [0.1, 0.15) is 13.2 Å². The Bertz CT molecular complexity index is 215. The topological polar surface area (TPSA) is 35.5 Å². The molecule has 0 atom stereocenters. The van der Waals surface area contributed by atoms with Crippen LogP contribution in [0.1, 0.15) is 33.6 Å². The van der Waals surface area contributed by atoms with E-state index in [9.17, 15) is 4.79 Å². The van der Waals surface area contributed by atoms with E-state index >= 15 is 0 Å². The number of unbranched alkanes of at least 4 members (excludes halogenated alkanes) is 1. The molecule has 0 spiro atoms. The third kappa shape index (κ3) is 21.1. The second kappa shape index (κ2) is 13.3. The number of halogens is 1. The Morgan fingerprint density at radius 2 is 1.53 bits per heavy atom. The summed E-state index contributed by atoms with van der Waals surface area (Å²) in [6, 6.07) is 0. The molecule has 0 aromatic heterocycles. The van der Waals surface area contributed by atoms with E-state index in [1.165, 1.54) is 12.8 Å². The van der Waals surface area contributed by atoms with Gasteiger partial charge in [-0.2, -0.15) is 0 Å². The maximum Gasteiger partial charge on any atom is 0.508 e. The van der Waals surface area contributed by atoms with E-state index < -0.39 is 6.16 Å². The molecule has 0 bridgehead atoms. The van der Waals surface area contributed by atoms with Crippen LogP contribution in [0.5, 0.6) is 0 Å². The lowest BCUT2D eigenvalue weighted by Crippen LogP contribution is -2.09. The first-order valence-electron chi connectivity index (χ1n) is 5.58. The van der Waals surface area contributed by atoms with E-state index in [1.807, 2.05) is 0 Å². The van der Waals surface area contributed by atoms with Gasteiger partial charge in [0, 0.05) is 5.33 Å². The molecule has 0 saturated heterocycles. The second-order valence-electron chi connectivity index (χ2n) is 3.78. The van der Waals surface area contributed by atoms with Gasteiger partial charge in [-0.15, -0.1) is 0 Å². The van der Waals surface area contributed by atoms with Crippen LogP contribution in [-0.4, -0.2) is 24.7 Å². The van der Waals surface area contributed by atoms with Crippen LogP contribution in [-0.2, 0) is 9.47 Å². The van der Waals surface area contributed by atoms with Gasteiger partial charge in [-0.25, -0.2) is 4.79 Å². The molecule has 0 N–H and O–H groups in total. The van der Waals surface area contributed by atoms with Gasteiger partial charge in [0.2, 0.25) is 0 Å². The first-order chi connectivity index (χ1) is 7.93. The van der Waals surface area contributed by atoms with Crippen LogP contribution >= 0.6 is 15.9 Å². The average molecular weight is 307 g/mol. The Balaban J connectivity index is 0. The molecule has 0 rings (SSSR count). The van der Waals surface area contributed by atoms with Gasteiger partial charge in [-0.1, -0.05) is 42.4 Å². The van der Waals surface area contributed by atoms with Crippen molar-refractivity contribution in [2.45, 2.75) is 33.6 Å². The Kier molecular flexibility index (Phi) is 14.5. The number of hydrogen-bond donors (Lipinski definition) is 0. The summed E-state index contributed by atoms with van der Waals surface area (Å²) >= 11 is 3.31. The van der Waals surface area contributed by atoms with E-state index in [-0.39, 0.29) is 13.2 Å². The molecular formula is C13H23BrO3.